The Morgan fingerprint density at radius 3 is 2.19 bits per heavy atom. The summed E-state index contributed by atoms with van der Waals surface area (Å²) in [5.41, 5.74) is 6.49. The molecule has 2 aliphatic rings. The van der Waals surface area contributed by atoms with E-state index >= 15 is 0 Å². The van der Waals surface area contributed by atoms with Gasteiger partial charge in [-0.25, -0.2) is 0 Å². The summed E-state index contributed by atoms with van der Waals surface area (Å²) in [4.78, 5) is 0. The smallest absolute Gasteiger partial charge is 0.203 e. The second kappa shape index (κ2) is 5.76. The molecule has 21 heavy (non-hydrogen) atoms. The van der Waals surface area contributed by atoms with E-state index in [4.69, 9.17) is 19.9 Å². The summed E-state index contributed by atoms with van der Waals surface area (Å²) in [7, 11) is 3.31. The fourth-order valence-corrected chi connectivity index (χ4v) is 3.92. The predicted molar refractivity (Wildman–Crippen MR) is 82.1 cm³/mol. The first-order valence-corrected chi connectivity index (χ1v) is 7.84. The van der Waals surface area contributed by atoms with Crippen molar-refractivity contribution in [3.8, 4) is 17.2 Å². The molecule has 4 heteroatoms. The molecule has 2 atom stereocenters. The highest BCUT2D eigenvalue weighted by Gasteiger charge is 2.55. The first kappa shape index (κ1) is 14.5. The van der Waals surface area contributed by atoms with Crippen molar-refractivity contribution in [2.75, 3.05) is 14.2 Å². The minimum absolute atomic E-state index is 0.157. The summed E-state index contributed by atoms with van der Waals surface area (Å²) in [5, 5.41) is 0. The molecule has 4 nitrogen and oxygen atoms in total. The molecule has 2 unspecified atom stereocenters. The molecule has 2 fully saturated rings. The van der Waals surface area contributed by atoms with Gasteiger partial charge in [0.2, 0.25) is 5.75 Å². The predicted octanol–water partition coefficient (Wildman–Crippen LogP) is 3.13. The molecule has 3 rings (SSSR count). The maximum absolute atomic E-state index is 6.33. The lowest BCUT2D eigenvalue weighted by molar-refractivity contribution is -0.0912. The van der Waals surface area contributed by atoms with Crippen molar-refractivity contribution in [1.29, 1.82) is 0 Å². The number of para-hydroxylation sites is 1. The van der Waals surface area contributed by atoms with Crippen molar-refractivity contribution in [2.24, 2.45) is 11.1 Å². The molecule has 0 bridgehead atoms. The van der Waals surface area contributed by atoms with Gasteiger partial charge in [0.25, 0.3) is 0 Å². The molecule has 116 valence electrons. The van der Waals surface area contributed by atoms with E-state index in [-0.39, 0.29) is 17.6 Å². The highest BCUT2D eigenvalue weighted by Crippen LogP contribution is 2.53. The largest absolute Gasteiger partial charge is 0.493 e. The second-order valence-corrected chi connectivity index (χ2v) is 6.23. The first-order valence-electron chi connectivity index (χ1n) is 7.84. The van der Waals surface area contributed by atoms with E-state index in [0.29, 0.717) is 5.75 Å². The number of nitrogens with two attached hydrogens (primary N) is 1. The van der Waals surface area contributed by atoms with Gasteiger partial charge in [-0.2, -0.15) is 0 Å². The molecule has 0 aliphatic heterocycles. The second-order valence-electron chi connectivity index (χ2n) is 6.23. The monoisotopic (exact) mass is 291 g/mol. The molecule has 0 saturated heterocycles. The van der Waals surface area contributed by atoms with Gasteiger partial charge in [0, 0.05) is 17.9 Å². The van der Waals surface area contributed by atoms with Gasteiger partial charge < -0.3 is 19.9 Å². The van der Waals surface area contributed by atoms with Crippen LogP contribution in [0, 0.1) is 5.41 Å². The van der Waals surface area contributed by atoms with Crippen molar-refractivity contribution in [3.05, 3.63) is 18.2 Å². The van der Waals surface area contributed by atoms with Crippen molar-refractivity contribution in [2.45, 2.75) is 50.7 Å². The maximum Gasteiger partial charge on any atom is 0.203 e. The number of rotatable bonds is 4. The first-order chi connectivity index (χ1) is 10.2. The van der Waals surface area contributed by atoms with Crippen LogP contribution in [0.15, 0.2) is 18.2 Å². The van der Waals surface area contributed by atoms with Crippen LogP contribution in [0.2, 0.25) is 0 Å². The van der Waals surface area contributed by atoms with Crippen LogP contribution in [0.5, 0.6) is 17.2 Å². The number of hydrogen-bond acceptors (Lipinski definition) is 4. The lowest BCUT2D eigenvalue weighted by atomic mass is 9.55. The van der Waals surface area contributed by atoms with E-state index in [1.54, 1.807) is 14.2 Å². The molecule has 2 saturated carbocycles. The SMILES string of the molecule is COc1cccc(OC)c1OC1CC(N)C12CCCCC2. The molecule has 0 heterocycles. The minimum Gasteiger partial charge on any atom is -0.493 e. The molecule has 0 amide bonds. The van der Waals surface area contributed by atoms with Crippen molar-refractivity contribution >= 4 is 0 Å². The molecular formula is C17H25NO3. The lowest BCUT2D eigenvalue weighted by Crippen LogP contribution is -2.64. The Morgan fingerprint density at radius 1 is 1.05 bits per heavy atom. The maximum atomic E-state index is 6.33. The normalized spacial score (nSPS) is 27.0. The average Bonchev–Trinajstić information content (AvgIpc) is 2.55. The summed E-state index contributed by atoms with van der Waals surface area (Å²) in [6, 6.07) is 5.99. The number of hydrogen-bond donors (Lipinski definition) is 1. The van der Waals surface area contributed by atoms with E-state index < -0.39 is 0 Å². The zero-order chi connectivity index (χ0) is 14.9. The zero-order valence-corrected chi connectivity index (χ0v) is 12.9. The van der Waals surface area contributed by atoms with Crippen molar-refractivity contribution < 1.29 is 14.2 Å². The summed E-state index contributed by atoms with van der Waals surface area (Å²) in [6.07, 6.45) is 7.29. The standard InChI is InChI=1S/C17H25NO3/c1-19-12-7-6-8-13(20-2)16(12)21-15-11-14(18)17(15)9-4-3-5-10-17/h6-8,14-15H,3-5,9-11,18H2,1-2H3. The highest BCUT2D eigenvalue weighted by molar-refractivity contribution is 5.51. The Balaban J connectivity index is 1.84. The summed E-state index contributed by atoms with van der Waals surface area (Å²) >= 11 is 0. The van der Waals surface area contributed by atoms with E-state index in [9.17, 15) is 0 Å². The van der Waals surface area contributed by atoms with Gasteiger partial charge in [-0.15, -0.1) is 0 Å². The number of benzene rings is 1. The Labute approximate surface area is 126 Å². The van der Waals surface area contributed by atoms with Gasteiger partial charge in [-0.3, -0.25) is 0 Å². The van der Waals surface area contributed by atoms with Crippen LogP contribution in [-0.4, -0.2) is 26.4 Å². The van der Waals surface area contributed by atoms with Crippen LogP contribution < -0.4 is 19.9 Å². The third-order valence-electron chi connectivity index (χ3n) is 5.27. The van der Waals surface area contributed by atoms with Gasteiger partial charge in [-0.05, 0) is 25.0 Å². The van der Waals surface area contributed by atoms with Gasteiger partial charge >= 0.3 is 0 Å². The van der Waals surface area contributed by atoms with Crippen LogP contribution in [0.1, 0.15) is 38.5 Å². The molecule has 1 spiro atoms. The Hall–Kier alpha value is -1.42. The van der Waals surface area contributed by atoms with Gasteiger partial charge in [0.15, 0.2) is 11.5 Å². The van der Waals surface area contributed by atoms with Gasteiger partial charge in [0.05, 0.1) is 14.2 Å². The highest BCUT2D eigenvalue weighted by atomic mass is 16.5. The zero-order valence-electron chi connectivity index (χ0n) is 12.9. The van der Waals surface area contributed by atoms with Crippen LogP contribution in [0.3, 0.4) is 0 Å². The van der Waals surface area contributed by atoms with Crippen LogP contribution in [0.25, 0.3) is 0 Å². The molecule has 2 aliphatic carbocycles. The van der Waals surface area contributed by atoms with Gasteiger partial charge in [-0.1, -0.05) is 25.3 Å². The summed E-state index contributed by atoms with van der Waals surface area (Å²) in [5.74, 6) is 2.16. The number of ether oxygens (including phenoxy) is 3. The Morgan fingerprint density at radius 2 is 1.67 bits per heavy atom. The van der Waals surface area contributed by atoms with Crippen LogP contribution >= 0.6 is 0 Å². The molecule has 2 N–H and O–H groups in total. The van der Waals surface area contributed by atoms with E-state index in [1.165, 1.54) is 32.1 Å². The van der Waals surface area contributed by atoms with E-state index in [0.717, 1.165) is 17.9 Å². The van der Waals surface area contributed by atoms with E-state index in [1.807, 2.05) is 18.2 Å². The third kappa shape index (κ3) is 2.35. The third-order valence-corrected chi connectivity index (χ3v) is 5.27. The molecule has 0 radical (unpaired) electrons. The molecule has 1 aromatic rings. The molecule has 1 aromatic carbocycles. The Bertz CT molecular complexity index is 475. The van der Waals surface area contributed by atoms with Gasteiger partial charge in [0.1, 0.15) is 6.10 Å². The lowest BCUT2D eigenvalue weighted by Gasteiger charge is -2.56. The number of methoxy groups -OCH3 is 2. The topological polar surface area (TPSA) is 53.7 Å². The minimum atomic E-state index is 0.157. The average molecular weight is 291 g/mol. The van der Waals surface area contributed by atoms with E-state index in [2.05, 4.69) is 0 Å². The molecule has 0 aromatic heterocycles. The fourth-order valence-electron chi connectivity index (χ4n) is 3.92. The van der Waals surface area contributed by atoms with Crippen LogP contribution in [-0.2, 0) is 0 Å². The fraction of sp³-hybridized carbons (Fsp3) is 0.647. The Kier molecular flexibility index (Phi) is 3.98. The molecular weight excluding hydrogens is 266 g/mol. The van der Waals surface area contributed by atoms with Crippen molar-refractivity contribution in [1.82, 2.24) is 0 Å². The van der Waals surface area contributed by atoms with Crippen LogP contribution in [0.4, 0.5) is 0 Å². The quantitative estimate of drug-likeness (QED) is 0.926. The summed E-state index contributed by atoms with van der Waals surface area (Å²) < 4.78 is 17.2. The van der Waals surface area contributed by atoms with Crippen molar-refractivity contribution in [3.63, 3.8) is 0 Å². The summed E-state index contributed by atoms with van der Waals surface area (Å²) in [6.45, 7) is 0.